The monoisotopic (exact) mass is 291 g/mol. The second-order valence-corrected chi connectivity index (χ2v) is 5.12. The summed E-state index contributed by atoms with van der Waals surface area (Å²) in [6, 6.07) is 3.96. The first-order valence-corrected chi connectivity index (χ1v) is 6.16. The van der Waals surface area contributed by atoms with Gasteiger partial charge in [-0.15, -0.1) is 0 Å². The average Bonchev–Trinajstić information content (AvgIpc) is 3.01. The Kier molecular flexibility index (Phi) is 2.36. The van der Waals surface area contributed by atoms with E-state index in [0.29, 0.717) is 5.69 Å². The van der Waals surface area contributed by atoms with E-state index in [-0.39, 0.29) is 5.54 Å². The zero-order chi connectivity index (χ0) is 11.9. The first-order chi connectivity index (χ1) is 8.26. The maximum Gasteiger partial charge on any atom is 0.168 e. The summed E-state index contributed by atoms with van der Waals surface area (Å²) in [7, 11) is 0. The Balaban J connectivity index is 2.07. The smallest absolute Gasteiger partial charge is 0.168 e. The highest BCUT2D eigenvalue weighted by Crippen LogP contribution is 2.49. The molecule has 0 saturated heterocycles. The maximum absolute atomic E-state index is 11.0. The maximum atomic E-state index is 11.0. The predicted molar refractivity (Wildman–Crippen MR) is 65.9 cm³/mol. The van der Waals surface area contributed by atoms with Gasteiger partial charge < -0.3 is 4.57 Å². The molecule has 5 heteroatoms. The lowest BCUT2D eigenvalue weighted by Crippen LogP contribution is -2.21. The zero-order valence-electron chi connectivity index (χ0n) is 9.01. The fourth-order valence-electron chi connectivity index (χ4n) is 2.14. The lowest BCUT2D eigenvalue weighted by atomic mass is 10.1. The molecule has 3 rings (SSSR count). The van der Waals surface area contributed by atoms with Crippen molar-refractivity contribution in [2.75, 3.05) is 0 Å². The van der Waals surface area contributed by atoms with Gasteiger partial charge in [0.15, 0.2) is 6.29 Å². The summed E-state index contributed by atoms with van der Waals surface area (Å²) < 4.78 is 2.88. The molecule has 0 aliphatic heterocycles. The third-order valence-corrected chi connectivity index (χ3v) is 3.65. The number of hydrogen-bond acceptors (Lipinski definition) is 3. The van der Waals surface area contributed by atoms with E-state index in [1.165, 1.54) is 0 Å². The lowest BCUT2D eigenvalue weighted by Gasteiger charge is -2.17. The number of aromatic nitrogens is 3. The first kappa shape index (κ1) is 10.7. The molecule has 1 aliphatic rings. The number of pyridine rings is 1. The lowest BCUT2D eigenvalue weighted by molar-refractivity contribution is 0.111. The van der Waals surface area contributed by atoms with E-state index in [0.717, 1.165) is 29.3 Å². The molecule has 1 aliphatic carbocycles. The number of halogens is 1. The van der Waals surface area contributed by atoms with Crippen molar-refractivity contribution in [2.45, 2.75) is 18.4 Å². The van der Waals surface area contributed by atoms with Gasteiger partial charge in [-0.3, -0.25) is 9.78 Å². The standard InChI is InChI=1S/C12H10BrN3O/c13-9-1-2-11(15-5-9)12(3-4-12)16-8-14-6-10(16)7-17/h1-2,5-8H,3-4H2. The molecule has 2 heterocycles. The Morgan fingerprint density at radius 1 is 1.35 bits per heavy atom. The molecule has 0 N–H and O–H groups in total. The normalized spacial score (nSPS) is 16.8. The molecular formula is C12H10BrN3O. The predicted octanol–water partition coefficient (Wildman–Crippen LogP) is 2.39. The van der Waals surface area contributed by atoms with E-state index in [2.05, 4.69) is 25.9 Å². The molecule has 0 unspecified atom stereocenters. The van der Waals surface area contributed by atoms with Crippen LogP contribution < -0.4 is 0 Å². The molecule has 0 amide bonds. The van der Waals surface area contributed by atoms with Gasteiger partial charge in [-0.2, -0.15) is 0 Å². The summed E-state index contributed by atoms with van der Waals surface area (Å²) in [6.45, 7) is 0. The van der Waals surface area contributed by atoms with Crippen molar-refractivity contribution in [3.05, 3.63) is 46.7 Å². The quantitative estimate of drug-likeness (QED) is 0.816. The summed E-state index contributed by atoms with van der Waals surface area (Å²) in [4.78, 5) is 19.4. The summed E-state index contributed by atoms with van der Waals surface area (Å²) in [5, 5.41) is 0. The third-order valence-electron chi connectivity index (χ3n) is 3.18. The van der Waals surface area contributed by atoms with Crippen LogP contribution in [-0.4, -0.2) is 20.8 Å². The molecule has 4 nitrogen and oxygen atoms in total. The van der Waals surface area contributed by atoms with Crippen LogP contribution in [0, 0.1) is 0 Å². The number of hydrogen-bond donors (Lipinski definition) is 0. The molecule has 0 aromatic carbocycles. The van der Waals surface area contributed by atoms with Gasteiger partial charge >= 0.3 is 0 Å². The Morgan fingerprint density at radius 3 is 2.76 bits per heavy atom. The van der Waals surface area contributed by atoms with Crippen molar-refractivity contribution >= 4 is 22.2 Å². The number of carbonyl (C=O) groups is 1. The van der Waals surface area contributed by atoms with Crippen LogP contribution in [0.25, 0.3) is 0 Å². The minimum atomic E-state index is -0.159. The van der Waals surface area contributed by atoms with Crippen LogP contribution in [0.1, 0.15) is 29.0 Å². The minimum absolute atomic E-state index is 0.159. The van der Waals surface area contributed by atoms with Crippen LogP contribution in [0.3, 0.4) is 0 Å². The van der Waals surface area contributed by atoms with Gasteiger partial charge in [0.2, 0.25) is 0 Å². The van der Waals surface area contributed by atoms with Gasteiger partial charge in [-0.25, -0.2) is 4.98 Å². The average molecular weight is 292 g/mol. The number of aldehydes is 1. The molecule has 0 spiro atoms. The van der Waals surface area contributed by atoms with Crippen LogP contribution >= 0.6 is 15.9 Å². The molecule has 2 aromatic rings. The second-order valence-electron chi connectivity index (χ2n) is 4.20. The van der Waals surface area contributed by atoms with Gasteiger partial charge in [-0.1, -0.05) is 0 Å². The van der Waals surface area contributed by atoms with Crippen molar-refractivity contribution < 1.29 is 4.79 Å². The Labute approximate surface area is 107 Å². The molecule has 0 bridgehead atoms. The van der Waals surface area contributed by atoms with Crippen molar-refractivity contribution in [3.63, 3.8) is 0 Å². The van der Waals surface area contributed by atoms with Crippen LogP contribution in [0.15, 0.2) is 35.3 Å². The van der Waals surface area contributed by atoms with E-state index in [4.69, 9.17) is 0 Å². The number of nitrogens with zero attached hydrogens (tertiary/aromatic N) is 3. The third kappa shape index (κ3) is 1.61. The molecule has 1 fully saturated rings. The number of imidazole rings is 1. The zero-order valence-corrected chi connectivity index (χ0v) is 10.6. The van der Waals surface area contributed by atoms with E-state index in [9.17, 15) is 4.79 Å². The van der Waals surface area contributed by atoms with Crippen LogP contribution in [-0.2, 0) is 5.54 Å². The molecule has 0 atom stereocenters. The van der Waals surface area contributed by atoms with Crippen molar-refractivity contribution in [1.82, 2.24) is 14.5 Å². The topological polar surface area (TPSA) is 47.8 Å². The summed E-state index contributed by atoms with van der Waals surface area (Å²) in [5.74, 6) is 0. The summed E-state index contributed by atoms with van der Waals surface area (Å²) >= 11 is 3.37. The van der Waals surface area contributed by atoms with Crippen LogP contribution in [0.2, 0.25) is 0 Å². The highest BCUT2D eigenvalue weighted by Gasteiger charge is 2.48. The van der Waals surface area contributed by atoms with Crippen LogP contribution in [0.5, 0.6) is 0 Å². The van der Waals surface area contributed by atoms with E-state index < -0.39 is 0 Å². The molecule has 17 heavy (non-hydrogen) atoms. The van der Waals surface area contributed by atoms with Crippen molar-refractivity contribution in [1.29, 1.82) is 0 Å². The minimum Gasteiger partial charge on any atom is -0.316 e. The second kappa shape index (κ2) is 3.77. The Morgan fingerprint density at radius 2 is 2.18 bits per heavy atom. The van der Waals surface area contributed by atoms with Gasteiger partial charge in [0, 0.05) is 10.7 Å². The van der Waals surface area contributed by atoms with Gasteiger partial charge in [-0.05, 0) is 40.9 Å². The van der Waals surface area contributed by atoms with Crippen molar-refractivity contribution in [3.8, 4) is 0 Å². The fraction of sp³-hybridized carbons (Fsp3) is 0.250. The fourth-order valence-corrected chi connectivity index (χ4v) is 2.37. The highest BCUT2D eigenvalue weighted by atomic mass is 79.9. The summed E-state index contributed by atoms with van der Waals surface area (Å²) in [6.07, 6.45) is 7.92. The largest absolute Gasteiger partial charge is 0.316 e. The molecule has 2 aromatic heterocycles. The number of rotatable bonds is 3. The van der Waals surface area contributed by atoms with E-state index in [1.54, 1.807) is 18.7 Å². The SMILES string of the molecule is O=Cc1cncn1C1(c2ccc(Br)cn2)CC1. The van der Waals surface area contributed by atoms with Gasteiger partial charge in [0.1, 0.15) is 5.69 Å². The molecule has 86 valence electrons. The Hall–Kier alpha value is -1.49. The summed E-state index contributed by atoms with van der Waals surface area (Å²) in [5.41, 5.74) is 1.43. The Bertz CT molecular complexity index is 557. The highest BCUT2D eigenvalue weighted by molar-refractivity contribution is 9.10. The van der Waals surface area contributed by atoms with E-state index >= 15 is 0 Å². The van der Waals surface area contributed by atoms with Gasteiger partial charge in [0.25, 0.3) is 0 Å². The number of carbonyl (C=O) groups excluding carboxylic acids is 1. The van der Waals surface area contributed by atoms with Crippen LogP contribution in [0.4, 0.5) is 0 Å². The van der Waals surface area contributed by atoms with E-state index in [1.807, 2.05) is 16.7 Å². The molecular weight excluding hydrogens is 282 g/mol. The molecule has 1 saturated carbocycles. The molecule has 0 radical (unpaired) electrons. The van der Waals surface area contributed by atoms with Crippen molar-refractivity contribution in [2.24, 2.45) is 0 Å². The first-order valence-electron chi connectivity index (χ1n) is 5.36. The van der Waals surface area contributed by atoms with Gasteiger partial charge in [0.05, 0.1) is 23.8 Å².